The topological polar surface area (TPSA) is 152 Å². The molecule has 20 heavy (non-hydrogen) atoms. The van der Waals surface area contributed by atoms with Crippen molar-refractivity contribution in [2.45, 2.75) is 24.7 Å². The maximum absolute atomic E-state index is 11.7. The molecule has 0 bridgehead atoms. The number of anilines is 1. The molecule has 10 nitrogen and oxygen atoms in total. The van der Waals surface area contributed by atoms with Crippen LogP contribution in [0.25, 0.3) is 11.2 Å². The van der Waals surface area contributed by atoms with Crippen LogP contribution in [0, 0.1) is 0 Å². The molecule has 5 N–H and O–H groups in total. The first-order valence-corrected chi connectivity index (χ1v) is 6.11. The summed E-state index contributed by atoms with van der Waals surface area (Å²) in [5.74, 6) is -0.0310. The molecular weight excluding hydrogens is 268 g/mol. The molecule has 0 saturated carbocycles. The quantitative estimate of drug-likeness (QED) is 0.483. The zero-order valence-electron chi connectivity index (χ0n) is 10.4. The Kier molecular flexibility index (Phi) is 3.12. The second-order valence-corrected chi connectivity index (χ2v) is 4.67. The van der Waals surface area contributed by atoms with Crippen LogP contribution < -0.4 is 11.3 Å². The van der Waals surface area contributed by atoms with Gasteiger partial charge in [-0.2, -0.15) is 4.98 Å². The fraction of sp³-hybridized carbons (Fsp3) is 0.600. The molecule has 0 unspecified atom stereocenters. The van der Waals surface area contributed by atoms with Gasteiger partial charge in [-0.3, -0.25) is 9.78 Å². The molecule has 1 fully saturated rings. The molecule has 0 aliphatic carbocycles. The van der Waals surface area contributed by atoms with Gasteiger partial charge in [0.2, 0.25) is 5.95 Å². The van der Waals surface area contributed by atoms with Gasteiger partial charge < -0.3 is 20.7 Å². The predicted molar refractivity (Wildman–Crippen MR) is 66.8 cm³/mol. The molecule has 0 aromatic carbocycles. The van der Waals surface area contributed by atoms with Gasteiger partial charge in [0.25, 0.3) is 5.56 Å². The van der Waals surface area contributed by atoms with Crippen LogP contribution in [0.4, 0.5) is 5.95 Å². The van der Waals surface area contributed by atoms with E-state index in [9.17, 15) is 9.90 Å². The maximum atomic E-state index is 11.7. The molecule has 10 heteroatoms. The Hall–Kier alpha value is -2.04. The van der Waals surface area contributed by atoms with Crippen molar-refractivity contribution in [3.63, 3.8) is 0 Å². The summed E-state index contributed by atoms with van der Waals surface area (Å²) in [6.45, 7) is -0.0218. The lowest BCUT2D eigenvalue weighted by molar-refractivity contribution is -0.113. The van der Waals surface area contributed by atoms with E-state index >= 15 is 0 Å². The number of nitrogen functional groups attached to an aromatic ring is 1. The Bertz CT molecular complexity index is 682. The number of ether oxygens (including phenoxy) is 1. The average Bonchev–Trinajstić information content (AvgIpc) is 2.82. The van der Waals surface area contributed by atoms with Gasteiger partial charge in [-0.05, 0) is 0 Å². The molecule has 3 heterocycles. The number of aliphatic hydroxyl groups excluding tert-OH is 2. The summed E-state index contributed by atoms with van der Waals surface area (Å²) in [5.41, 5.74) is 5.36. The third kappa shape index (κ3) is 2.03. The largest absolute Gasteiger partial charge is 0.394 e. The van der Waals surface area contributed by atoms with Crippen molar-refractivity contribution < 1.29 is 14.9 Å². The zero-order chi connectivity index (χ0) is 14.3. The van der Waals surface area contributed by atoms with Gasteiger partial charge in [-0.15, -0.1) is 5.10 Å². The maximum Gasteiger partial charge on any atom is 0.282 e. The summed E-state index contributed by atoms with van der Waals surface area (Å²) in [6.07, 6.45) is -1.11. The smallest absolute Gasteiger partial charge is 0.282 e. The SMILES string of the molecule is Nc1nc2c(nnn2[C@@H]2CO[C@H](CO)[C@@H](O)C2)c(=O)[nH]1. The first kappa shape index (κ1) is 13.0. The van der Waals surface area contributed by atoms with Gasteiger partial charge in [0.1, 0.15) is 6.10 Å². The van der Waals surface area contributed by atoms with Crippen molar-refractivity contribution in [2.75, 3.05) is 18.9 Å². The van der Waals surface area contributed by atoms with Crippen molar-refractivity contribution in [1.82, 2.24) is 25.0 Å². The van der Waals surface area contributed by atoms with Gasteiger partial charge in [0, 0.05) is 6.42 Å². The number of rotatable bonds is 2. The molecule has 1 saturated heterocycles. The number of H-pyrrole nitrogens is 1. The summed E-state index contributed by atoms with van der Waals surface area (Å²) >= 11 is 0. The number of hydrogen-bond donors (Lipinski definition) is 4. The Morgan fingerprint density at radius 3 is 3.05 bits per heavy atom. The lowest BCUT2D eigenvalue weighted by Gasteiger charge is -2.32. The minimum atomic E-state index is -0.822. The van der Waals surface area contributed by atoms with Gasteiger partial charge in [0.15, 0.2) is 11.2 Å². The van der Waals surface area contributed by atoms with E-state index in [1.807, 2.05) is 0 Å². The summed E-state index contributed by atoms with van der Waals surface area (Å²) in [4.78, 5) is 18.0. The number of fused-ring (bicyclic) bond motifs is 1. The molecular formula is C10H14N6O4. The van der Waals surface area contributed by atoms with E-state index in [2.05, 4.69) is 20.3 Å². The van der Waals surface area contributed by atoms with Gasteiger partial charge >= 0.3 is 0 Å². The van der Waals surface area contributed by atoms with Crippen molar-refractivity contribution in [1.29, 1.82) is 0 Å². The minimum Gasteiger partial charge on any atom is -0.394 e. The first-order valence-electron chi connectivity index (χ1n) is 6.11. The van der Waals surface area contributed by atoms with E-state index < -0.39 is 17.8 Å². The van der Waals surface area contributed by atoms with E-state index in [1.54, 1.807) is 0 Å². The van der Waals surface area contributed by atoms with Gasteiger partial charge in [-0.25, -0.2) is 4.68 Å². The number of hydrogen-bond acceptors (Lipinski definition) is 8. The third-order valence-electron chi connectivity index (χ3n) is 3.32. The monoisotopic (exact) mass is 282 g/mol. The van der Waals surface area contributed by atoms with Crippen LogP contribution in [0.15, 0.2) is 4.79 Å². The molecule has 2 aromatic heterocycles. The van der Waals surface area contributed by atoms with E-state index in [-0.39, 0.29) is 36.4 Å². The Labute approximate surface area is 112 Å². The molecule has 3 atom stereocenters. The summed E-state index contributed by atoms with van der Waals surface area (Å²) in [5, 5.41) is 26.5. The third-order valence-corrected chi connectivity index (χ3v) is 3.32. The highest BCUT2D eigenvalue weighted by atomic mass is 16.5. The first-order chi connectivity index (χ1) is 9.60. The fourth-order valence-electron chi connectivity index (χ4n) is 2.29. The normalized spacial score (nSPS) is 27.0. The molecule has 0 amide bonds. The van der Waals surface area contributed by atoms with Crippen molar-refractivity contribution >= 4 is 17.1 Å². The predicted octanol–water partition coefficient (Wildman–Crippen LogP) is -2.22. The molecule has 1 aliphatic rings. The molecule has 0 spiro atoms. The average molecular weight is 282 g/mol. The van der Waals surface area contributed by atoms with Crippen LogP contribution in [0.5, 0.6) is 0 Å². The Morgan fingerprint density at radius 2 is 2.35 bits per heavy atom. The van der Waals surface area contributed by atoms with Crippen molar-refractivity contribution in [3.05, 3.63) is 10.4 Å². The second kappa shape index (κ2) is 4.81. The van der Waals surface area contributed by atoms with Crippen molar-refractivity contribution in [2.24, 2.45) is 0 Å². The van der Waals surface area contributed by atoms with Crippen LogP contribution >= 0.6 is 0 Å². The number of aromatic amines is 1. The number of aliphatic hydroxyl groups is 2. The van der Waals surface area contributed by atoms with E-state index in [0.29, 0.717) is 6.42 Å². The lowest BCUT2D eigenvalue weighted by atomic mass is 10.0. The zero-order valence-corrected chi connectivity index (χ0v) is 10.4. The van der Waals surface area contributed by atoms with Crippen LogP contribution in [-0.2, 0) is 4.74 Å². The molecule has 1 aliphatic heterocycles. The fourth-order valence-corrected chi connectivity index (χ4v) is 2.29. The standard InChI is InChI=1S/C10H14N6O4/c11-10-12-8-7(9(19)13-10)14-15-16(8)4-1-5(18)6(2-17)20-3-4/h4-6,17-18H,1-3H2,(H3,11,12,13,19)/t4-,5-,6+/m0/s1. The summed E-state index contributed by atoms with van der Waals surface area (Å²) in [7, 11) is 0. The summed E-state index contributed by atoms with van der Waals surface area (Å²) < 4.78 is 6.77. The highest BCUT2D eigenvalue weighted by Crippen LogP contribution is 2.24. The Morgan fingerprint density at radius 1 is 1.55 bits per heavy atom. The second-order valence-electron chi connectivity index (χ2n) is 4.67. The molecule has 108 valence electrons. The number of nitrogens with two attached hydrogens (primary N) is 1. The summed E-state index contributed by atoms with van der Waals surface area (Å²) in [6, 6.07) is -0.327. The molecule has 0 radical (unpaired) electrons. The number of nitrogens with zero attached hydrogens (tertiary/aromatic N) is 4. The van der Waals surface area contributed by atoms with E-state index in [4.69, 9.17) is 15.6 Å². The highest BCUT2D eigenvalue weighted by molar-refractivity contribution is 5.69. The minimum absolute atomic E-state index is 0.0310. The van der Waals surface area contributed by atoms with Crippen LogP contribution in [-0.4, -0.2) is 60.6 Å². The molecule has 3 rings (SSSR count). The van der Waals surface area contributed by atoms with Crippen LogP contribution in [0.2, 0.25) is 0 Å². The molecule has 2 aromatic rings. The van der Waals surface area contributed by atoms with E-state index in [1.165, 1.54) is 4.68 Å². The Balaban J connectivity index is 1.97. The van der Waals surface area contributed by atoms with E-state index in [0.717, 1.165) is 0 Å². The van der Waals surface area contributed by atoms with Crippen LogP contribution in [0.3, 0.4) is 0 Å². The number of aromatic nitrogens is 5. The van der Waals surface area contributed by atoms with Gasteiger partial charge in [0.05, 0.1) is 25.4 Å². The van der Waals surface area contributed by atoms with Crippen molar-refractivity contribution in [3.8, 4) is 0 Å². The lowest BCUT2D eigenvalue weighted by Crippen LogP contribution is -2.41. The van der Waals surface area contributed by atoms with Gasteiger partial charge in [-0.1, -0.05) is 5.21 Å². The highest BCUT2D eigenvalue weighted by Gasteiger charge is 2.32. The number of nitrogens with one attached hydrogen (secondary N) is 1. The van der Waals surface area contributed by atoms with Crippen LogP contribution in [0.1, 0.15) is 12.5 Å².